The summed E-state index contributed by atoms with van der Waals surface area (Å²) >= 11 is 0. The van der Waals surface area contributed by atoms with Crippen LogP contribution in [0, 0.1) is 17.7 Å². The zero-order valence-electron chi connectivity index (χ0n) is 11.7. The first-order valence-corrected chi connectivity index (χ1v) is 6.33. The van der Waals surface area contributed by atoms with E-state index in [1.165, 1.54) is 37.4 Å². The van der Waals surface area contributed by atoms with Crippen LogP contribution in [0.1, 0.15) is 27.0 Å². The second kappa shape index (κ2) is 6.72. The number of alkyl halides is 1. The van der Waals surface area contributed by atoms with Gasteiger partial charge in [0, 0.05) is 11.1 Å². The number of hydrogen-bond acceptors (Lipinski definition) is 3. The van der Waals surface area contributed by atoms with Gasteiger partial charge in [0.25, 0.3) is 0 Å². The van der Waals surface area contributed by atoms with Gasteiger partial charge in [0.05, 0.1) is 18.2 Å². The molecule has 0 saturated carbocycles. The molecule has 0 radical (unpaired) electrons. The first kappa shape index (κ1) is 15.5. The molecule has 0 bridgehead atoms. The van der Waals surface area contributed by atoms with Crippen LogP contribution in [0.2, 0.25) is 0 Å². The van der Waals surface area contributed by atoms with Gasteiger partial charge in [0.2, 0.25) is 0 Å². The summed E-state index contributed by atoms with van der Waals surface area (Å²) in [5.41, 5.74) is 0.737. The molecule has 0 atom stereocenters. The maximum Gasteiger partial charge on any atom is 0.337 e. The van der Waals surface area contributed by atoms with Crippen molar-refractivity contribution < 1.29 is 23.4 Å². The lowest BCUT2D eigenvalue weighted by Crippen LogP contribution is -2.02. The van der Waals surface area contributed by atoms with Gasteiger partial charge in [-0.25, -0.2) is 13.6 Å². The Kier molecular flexibility index (Phi) is 4.74. The SMILES string of the molecule is COC(=O)c1ccc(C#Cc2ccc(O)cc2CF)c(F)c1. The molecule has 0 saturated heterocycles. The topological polar surface area (TPSA) is 46.5 Å². The number of phenols is 1. The summed E-state index contributed by atoms with van der Waals surface area (Å²) in [7, 11) is 1.21. The molecule has 22 heavy (non-hydrogen) atoms. The van der Waals surface area contributed by atoms with Crippen LogP contribution in [0.5, 0.6) is 5.75 Å². The van der Waals surface area contributed by atoms with Crippen molar-refractivity contribution in [2.24, 2.45) is 0 Å². The molecule has 0 aliphatic rings. The van der Waals surface area contributed by atoms with Crippen LogP contribution in [-0.2, 0) is 11.4 Å². The minimum absolute atomic E-state index is 0.0631. The standard InChI is InChI=1S/C17H12F2O3/c1-22-17(21)13-5-4-12(16(19)9-13)3-2-11-6-7-15(20)8-14(11)10-18/h4-9,20H,10H2,1H3. The molecule has 112 valence electrons. The monoisotopic (exact) mass is 302 g/mol. The Labute approximate surface area is 126 Å². The number of aromatic hydroxyl groups is 1. The van der Waals surface area contributed by atoms with Crippen molar-refractivity contribution in [3.05, 3.63) is 64.5 Å². The highest BCUT2D eigenvalue weighted by Crippen LogP contribution is 2.17. The molecule has 0 unspecified atom stereocenters. The van der Waals surface area contributed by atoms with Crippen LogP contribution in [0.15, 0.2) is 36.4 Å². The fourth-order valence-corrected chi connectivity index (χ4v) is 1.81. The second-order valence-corrected chi connectivity index (χ2v) is 4.41. The van der Waals surface area contributed by atoms with E-state index >= 15 is 0 Å². The highest BCUT2D eigenvalue weighted by molar-refractivity contribution is 5.89. The molecule has 3 nitrogen and oxygen atoms in total. The Hall–Kier alpha value is -2.87. The maximum atomic E-state index is 13.9. The number of rotatable bonds is 2. The number of ether oxygens (including phenoxy) is 1. The number of esters is 1. The summed E-state index contributed by atoms with van der Waals surface area (Å²) in [6, 6.07) is 7.87. The predicted molar refractivity (Wildman–Crippen MR) is 76.6 cm³/mol. The minimum atomic E-state index is -0.790. The van der Waals surface area contributed by atoms with E-state index in [2.05, 4.69) is 16.6 Å². The van der Waals surface area contributed by atoms with Crippen LogP contribution in [0.3, 0.4) is 0 Å². The number of benzene rings is 2. The molecular weight excluding hydrogens is 290 g/mol. The first-order valence-electron chi connectivity index (χ1n) is 6.33. The van der Waals surface area contributed by atoms with Gasteiger partial charge in [-0.2, -0.15) is 0 Å². The Morgan fingerprint density at radius 2 is 1.86 bits per heavy atom. The molecule has 0 aliphatic heterocycles. The lowest BCUT2D eigenvalue weighted by Gasteiger charge is -2.01. The zero-order chi connectivity index (χ0) is 16.1. The fourth-order valence-electron chi connectivity index (χ4n) is 1.81. The minimum Gasteiger partial charge on any atom is -0.508 e. The van der Waals surface area contributed by atoms with Gasteiger partial charge in [-0.05, 0) is 36.4 Å². The van der Waals surface area contributed by atoms with E-state index in [-0.39, 0.29) is 22.4 Å². The number of hydrogen-bond donors (Lipinski definition) is 1. The lowest BCUT2D eigenvalue weighted by atomic mass is 10.1. The fraction of sp³-hybridized carbons (Fsp3) is 0.118. The molecule has 0 amide bonds. The smallest absolute Gasteiger partial charge is 0.337 e. The molecule has 2 rings (SSSR count). The van der Waals surface area contributed by atoms with E-state index in [0.717, 1.165) is 6.07 Å². The zero-order valence-corrected chi connectivity index (χ0v) is 11.7. The molecule has 0 fully saturated rings. The van der Waals surface area contributed by atoms with E-state index in [1.807, 2.05) is 0 Å². The summed E-state index contributed by atoms with van der Waals surface area (Å²) < 4.78 is 31.2. The number of halogens is 2. The van der Waals surface area contributed by atoms with Crippen molar-refractivity contribution in [1.29, 1.82) is 0 Å². The Bertz CT molecular complexity index is 773. The third-order valence-electron chi connectivity index (χ3n) is 2.95. The summed E-state index contributed by atoms with van der Waals surface area (Å²) in [5, 5.41) is 9.29. The van der Waals surface area contributed by atoms with Gasteiger partial charge >= 0.3 is 5.97 Å². The van der Waals surface area contributed by atoms with Crippen molar-refractivity contribution in [1.82, 2.24) is 0 Å². The van der Waals surface area contributed by atoms with Crippen LogP contribution in [-0.4, -0.2) is 18.2 Å². The van der Waals surface area contributed by atoms with Gasteiger partial charge in [-0.1, -0.05) is 11.8 Å². The van der Waals surface area contributed by atoms with Gasteiger partial charge < -0.3 is 9.84 Å². The second-order valence-electron chi connectivity index (χ2n) is 4.41. The Morgan fingerprint density at radius 1 is 1.18 bits per heavy atom. The van der Waals surface area contributed by atoms with Crippen LogP contribution in [0.25, 0.3) is 0 Å². The van der Waals surface area contributed by atoms with Crippen molar-refractivity contribution >= 4 is 5.97 Å². The van der Waals surface area contributed by atoms with E-state index in [0.29, 0.717) is 5.56 Å². The Balaban J connectivity index is 2.35. The quantitative estimate of drug-likeness (QED) is 0.684. The first-order chi connectivity index (χ1) is 10.5. The summed E-state index contributed by atoms with van der Waals surface area (Å²) in [6.07, 6.45) is 0. The maximum absolute atomic E-state index is 13.9. The third-order valence-corrected chi connectivity index (χ3v) is 2.95. The average Bonchev–Trinajstić information content (AvgIpc) is 2.53. The molecule has 0 heterocycles. The number of methoxy groups -OCH3 is 1. The predicted octanol–water partition coefficient (Wildman–Crippen LogP) is 3.19. The van der Waals surface area contributed by atoms with E-state index in [9.17, 15) is 18.7 Å². The van der Waals surface area contributed by atoms with E-state index in [1.54, 1.807) is 0 Å². The molecule has 0 aromatic heterocycles. The lowest BCUT2D eigenvalue weighted by molar-refractivity contribution is 0.0600. The van der Waals surface area contributed by atoms with Gasteiger partial charge in [-0.3, -0.25) is 0 Å². The summed E-state index contributed by atoms with van der Waals surface area (Å²) in [4.78, 5) is 11.3. The summed E-state index contributed by atoms with van der Waals surface area (Å²) in [6.45, 7) is -0.790. The van der Waals surface area contributed by atoms with E-state index in [4.69, 9.17) is 0 Å². The molecule has 5 heteroatoms. The van der Waals surface area contributed by atoms with Gasteiger partial charge in [0.1, 0.15) is 18.2 Å². The van der Waals surface area contributed by atoms with Gasteiger partial charge in [-0.15, -0.1) is 0 Å². The molecule has 1 N–H and O–H groups in total. The number of carbonyl (C=O) groups is 1. The molecule has 2 aromatic rings. The van der Waals surface area contributed by atoms with Crippen LogP contribution in [0.4, 0.5) is 8.78 Å². The van der Waals surface area contributed by atoms with E-state index < -0.39 is 18.5 Å². The average molecular weight is 302 g/mol. The molecule has 2 aromatic carbocycles. The van der Waals surface area contributed by atoms with Crippen LogP contribution < -0.4 is 0 Å². The highest BCUT2D eigenvalue weighted by Gasteiger charge is 2.08. The highest BCUT2D eigenvalue weighted by atomic mass is 19.1. The van der Waals surface area contributed by atoms with Crippen molar-refractivity contribution in [3.8, 4) is 17.6 Å². The van der Waals surface area contributed by atoms with Crippen LogP contribution >= 0.6 is 0 Å². The van der Waals surface area contributed by atoms with Crippen molar-refractivity contribution in [2.45, 2.75) is 6.67 Å². The largest absolute Gasteiger partial charge is 0.508 e. The summed E-state index contributed by atoms with van der Waals surface area (Å²) in [5.74, 6) is 3.86. The van der Waals surface area contributed by atoms with Crippen molar-refractivity contribution in [2.75, 3.05) is 7.11 Å². The van der Waals surface area contributed by atoms with Gasteiger partial charge in [0.15, 0.2) is 0 Å². The normalized spacial score (nSPS) is 9.77. The third kappa shape index (κ3) is 3.41. The Morgan fingerprint density at radius 3 is 2.50 bits per heavy atom. The molecule has 0 spiro atoms. The number of carbonyl (C=O) groups excluding carboxylic acids is 1. The number of phenolic OH excluding ortho intramolecular Hbond substituents is 1. The molecule has 0 aliphatic carbocycles. The molecular formula is C17H12F2O3. The van der Waals surface area contributed by atoms with Crippen molar-refractivity contribution in [3.63, 3.8) is 0 Å².